The molecule has 2 aromatic carbocycles. The molecule has 0 bridgehead atoms. The van der Waals surface area contributed by atoms with Crippen molar-refractivity contribution in [2.24, 2.45) is 0 Å². The molecule has 5 heteroatoms. The number of para-hydroxylation sites is 1. The normalized spacial score (nSPS) is 17.8. The average molecular weight is 399 g/mol. The lowest BCUT2D eigenvalue weighted by molar-refractivity contribution is 0.102. The highest BCUT2D eigenvalue weighted by atomic mass is 16.1. The molecule has 3 heterocycles. The Hall–Kier alpha value is -3.34. The van der Waals surface area contributed by atoms with Gasteiger partial charge in [-0.3, -0.25) is 4.79 Å². The third-order valence-corrected chi connectivity index (χ3v) is 6.06. The number of aromatic nitrogens is 1. The van der Waals surface area contributed by atoms with E-state index in [0.717, 1.165) is 31.0 Å². The molecule has 152 valence electrons. The fraction of sp³-hybridized carbons (Fsp3) is 0.280. The highest BCUT2D eigenvalue weighted by molar-refractivity contribution is 6.04. The minimum absolute atomic E-state index is 0.141. The molecule has 3 aromatic rings. The van der Waals surface area contributed by atoms with Gasteiger partial charge in [0.05, 0.1) is 5.56 Å². The van der Waals surface area contributed by atoms with E-state index in [9.17, 15) is 4.79 Å². The first-order valence-electron chi connectivity index (χ1n) is 10.7. The number of anilines is 4. The number of nitrogens with one attached hydrogen (secondary N) is 1. The molecule has 5 nitrogen and oxygen atoms in total. The molecule has 1 saturated heterocycles. The Labute approximate surface area is 177 Å². The molecule has 1 N–H and O–H groups in total. The predicted molar refractivity (Wildman–Crippen MR) is 122 cm³/mol. The molecule has 0 radical (unpaired) electrons. The first kappa shape index (κ1) is 18.7. The van der Waals surface area contributed by atoms with Crippen LogP contribution in [0.25, 0.3) is 0 Å². The third-order valence-electron chi connectivity index (χ3n) is 6.06. The predicted octanol–water partition coefficient (Wildman–Crippen LogP) is 5.02. The highest BCUT2D eigenvalue weighted by Gasteiger charge is 2.27. The number of nitrogens with zero attached hydrogens (tertiary/aromatic N) is 3. The molecule has 2 aliphatic rings. The summed E-state index contributed by atoms with van der Waals surface area (Å²) in [5.41, 5.74) is 5.12. The average Bonchev–Trinajstić information content (AvgIpc) is 3.42. The Morgan fingerprint density at radius 3 is 2.50 bits per heavy atom. The van der Waals surface area contributed by atoms with Crippen LogP contribution >= 0.6 is 0 Å². The van der Waals surface area contributed by atoms with Crippen molar-refractivity contribution in [3.8, 4) is 0 Å². The van der Waals surface area contributed by atoms with Crippen molar-refractivity contribution in [2.45, 2.75) is 32.2 Å². The van der Waals surface area contributed by atoms with Crippen molar-refractivity contribution in [1.29, 1.82) is 0 Å². The summed E-state index contributed by atoms with van der Waals surface area (Å²) in [6, 6.07) is 20.7. The van der Waals surface area contributed by atoms with Gasteiger partial charge in [0.2, 0.25) is 0 Å². The highest BCUT2D eigenvalue weighted by Crippen LogP contribution is 2.37. The molecule has 5 rings (SSSR count). The maximum absolute atomic E-state index is 12.7. The van der Waals surface area contributed by atoms with Crippen LogP contribution in [0.15, 0.2) is 66.9 Å². The molecule has 1 fully saturated rings. The lowest BCUT2D eigenvalue weighted by atomic mass is 10.1. The van der Waals surface area contributed by atoms with E-state index in [0.29, 0.717) is 11.6 Å². The van der Waals surface area contributed by atoms with E-state index in [1.54, 1.807) is 6.20 Å². The van der Waals surface area contributed by atoms with E-state index < -0.39 is 0 Å². The number of amides is 1. The fourth-order valence-electron chi connectivity index (χ4n) is 4.51. The molecule has 30 heavy (non-hydrogen) atoms. The maximum atomic E-state index is 12.7. The zero-order valence-corrected chi connectivity index (χ0v) is 17.2. The Morgan fingerprint density at radius 2 is 1.77 bits per heavy atom. The van der Waals surface area contributed by atoms with Crippen molar-refractivity contribution in [1.82, 2.24) is 4.98 Å². The van der Waals surface area contributed by atoms with Crippen molar-refractivity contribution < 1.29 is 4.79 Å². The summed E-state index contributed by atoms with van der Waals surface area (Å²) in [5, 5.41) is 2.98. The second kappa shape index (κ2) is 7.82. The van der Waals surface area contributed by atoms with Gasteiger partial charge in [-0.1, -0.05) is 18.2 Å². The Morgan fingerprint density at radius 1 is 1.00 bits per heavy atom. The van der Waals surface area contributed by atoms with Crippen molar-refractivity contribution >= 4 is 28.8 Å². The molecule has 0 aliphatic carbocycles. The zero-order chi connectivity index (χ0) is 20.5. The lowest BCUT2D eigenvalue weighted by Gasteiger charge is -2.23. The van der Waals surface area contributed by atoms with Crippen LogP contribution in [0.2, 0.25) is 0 Å². The zero-order valence-electron chi connectivity index (χ0n) is 17.2. The second-order valence-corrected chi connectivity index (χ2v) is 8.15. The van der Waals surface area contributed by atoms with Crippen LogP contribution in [-0.2, 0) is 6.42 Å². The Balaban J connectivity index is 1.28. The molecule has 0 saturated carbocycles. The van der Waals surface area contributed by atoms with E-state index in [4.69, 9.17) is 0 Å². The number of hydrogen-bond acceptors (Lipinski definition) is 4. The van der Waals surface area contributed by atoms with Gasteiger partial charge in [0.25, 0.3) is 5.91 Å². The topological polar surface area (TPSA) is 48.5 Å². The summed E-state index contributed by atoms with van der Waals surface area (Å²) in [4.78, 5) is 21.9. The number of pyridine rings is 1. The molecule has 1 amide bonds. The van der Waals surface area contributed by atoms with E-state index in [-0.39, 0.29) is 5.91 Å². The van der Waals surface area contributed by atoms with Crippen LogP contribution in [0.1, 0.15) is 35.7 Å². The molecule has 1 unspecified atom stereocenters. The largest absolute Gasteiger partial charge is 0.372 e. The first-order chi connectivity index (χ1) is 14.7. The SMILES string of the molecule is CC1Cc2ccccc2N1c1ccc(C(=O)Nc2ccc(N3CCCC3)cc2)cn1. The standard InChI is InChI=1S/C25H26N4O/c1-18-16-19-6-2-3-7-23(19)29(18)24-13-8-20(17-26-24)25(30)27-21-9-11-22(12-10-21)28-14-4-5-15-28/h2-3,6-13,17-18H,4-5,14-16H2,1H3,(H,27,30). The van der Waals surface area contributed by atoms with Crippen molar-refractivity contribution in [3.05, 3.63) is 78.0 Å². The number of benzene rings is 2. The van der Waals surface area contributed by atoms with Crippen LogP contribution in [0.5, 0.6) is 0 Å². The number of carbonyl (C=O) groups is 1. The quantitative estimate of drug-likeness (QED) is 0.671. The summed E-state index contributed by atoms with van der Waals surface area (Å²) < 4.78 is 0. The van der Waals surface area contributed by atoms with Crippen LogP contribution in [0, 0.1) is 0 Å². The first-order valence-corrected chi connectivity index (χ1v) is 10.7. The summed E-state index contributed by atoms with van der Waals surface area (Å²) >= 11 is 0. The van der Waals surface area contributed by atoms with E-state index in [1.807, 2.05) is 24.3 Å². The van der Waals surface area contributed by atoms with Gasteiger partial charge in [-0.15, -0.1) is 0 Å². The Bertz CT molecular complexity index is 1040. The van der Waals surface area contributed by atoms with Crippen LogP contribution in [0.4, 0.5) is 22.9 Å². The fourth-order valence-corrected chi connectivity index (χ4v) is 4.51. The number of fused-ring (bicyclic) bond motifs is 1. The second-order valence-electron chi connectivity index (χ2n) is 8.15. The molecule has 0 spiro atoms. The monoisotopic (exact) mass is 398 g/mol. The van der Waals surface area contributed by atoms with Gasteiger partial charge in [0, 0.05) is 42.4 Å². The van der Waals surface area contributed by atoms with Crippen LogP contribution in [0.3, 0.4) is 0 Å². The van der Waals surface area contributed by atoms with Crippen molar-refractivity contribution in [2.75, 3.05) is 28.2 Å². The minimum atomic E-state index is -0.141. The molecular formula is C25H26N4O. The van der Waals surface area contributed by atoms with Gasteiger partial charge >= 0.3 is 0 Å². The van der Waals surface area contributed by atoms with Crippen LogP contribution in [-0.4, -0.2) is 30.0 Å². The number of carbonyl (C=O) groups excluding carboxylic acids is 1. The van der Waals surface area contributed by atoms with Crippen molar-refractivity contribution in [3.63, 3.8) is 0 Å². The lowest BCUT2D eigenvalue weighted by Crippen LogP contribution is -2.25. The van der Waals surface area contributed by atoms with E-state index in [1.165, 1.54) is 29.8 Å². The number of hydrogen-bond donors (Lipinski definition) is 1. The van der Waals surface area contributed by atoms with Gasteiger partial charge in [0.15, 0.2) is 0 Å². The van der Waals surface area contributed by atoms with Gasteiger partial charge in [-0.2, -0.15) is 0 Å². The van der Waals surface area contributed by atoms with E-state index >= 15 is 0 Å². The summed E-state index contributed by atoms with van der Waals surface area (Å²) in [6.45, 7) is 4.43. The number of rotatable bonds is 4. The van der Waals surface area contributed by atoms with Crippen LogP contribution < -0.4 is 15.1 Å². The molecule has 1 aromatic heterocycles. The molecule has 2 aliphatic heterocycles. The van der Waals surface area contributed by atoms with Gasteiger partial charge in [0.1, 0.15) is 5.82 Å². The smallest absolute Gasteiger partial charge is 0.257 e. The summed E-state index contributed by atoms with van der Waals surface area (Å²) in [6.07, 6.45) is 5.18. The summed E-state index contributed by atoms with van der Waals surface area (Å²) in [5.74, 6) is 0.733. The summed E-state index contributed by atoms with van der Waals surface area (Å²) in [7, 11) is 0. The third kappa shape index (κ3) is 3.52. The van der Waals surface area contributed by atoms with Gasteiger partial charge in [-0.25, -0.2) is 4.98 Å². The van der Waals surface area contributed by atoms with Gasteiger partial charge in [-0.05, 0) is 74.2 Å². The van der Waals surface area contributed by atoms with Gasteiger partial charge < -0.3 is 15.1 Å². The van der Waals surface area contributed by atoms with E-state index in [2.05, 4.69) is 63.4 Å². The molecule has 1 atom stereocenters. The maximum Gasteiger partial charge on any atom is 0.257 e. The Kier molecular flexibility index (Phi) is 4.87. The minimum Gasteiger partial charge on any atom is -0.372 e. The molecular weight excluding hydrogens is 372 g/mol.